The van der Waals surface area contributed by atoms with Crippen LogP contribution in [0.5, 0.6) is 0 Å². The number of carbonyl (C=O) groups excluding carboxylic acids is 2. The topological polar surface area (TPSA) is 52.7 Å². The Bertz CT molecular complexity index is 1400. The predicted octanol–water partition coefficient (Wildman–Crippen LogP) is 4.81. The molecule has 0 aromatic heterocycles. The van der Waals surface area contributed by atoms with Gasteiger partial charge in [-0.05, 0) is 17.2 Å². The molecular weight excluding hydrogens is 507 g/mol. The number of nitrogens with one attached hydrogen (secondary N) is 1. The molecule has 4 heterocycles. The van der Waals surface area contributed by atoms with Crippen LogP contribution in [-0.2, 0) is 21.7 Å². The van der Waals surface area contributed by atoms with Crippen LogP contribution in [0.2, 0.25) is 0 Å². The number of thioether (sulfide) groups is 2. The molecule has 3 saturated heterocycles. The van der Waals surface area contributed by atoms with E-state index in [9.17, 15) is 9.59 Å². The van der Waals surface area contributed by atoms with E-state index in [0.717, 1.165) is 28.1 Å². The van der Waals surface area contributed by atoms with Crippen molar-refractivity contribution in [3.05, 3.63) is 102 Å². The maximum Gasteiger partial charge on any atom is 0.251 e. The number of hydrogen-bond donors (Lipinski definition) is 1. The van der Waals surface area contributed by atoms with Crippen LogP contribution < -0.4 is 5.32 Å². The molecule has 3 aromatic carbocycles. The molecule has 2 amide bonds. The summed E-state index contributed by atoms with van der Waals surface area (Å²) in [5.74, 6) is 1.16. The molecule has 8 heteroatoms. The highest BCUT2D eigenvalue weighted by Gasteiger charge is 2.81. The molecule has 4 aliphatic heterocycles. The summed E-state index contributed by atoms with van der Waals surface area (Å²) in [5, 5.41) is 3.15. The highest BCUT2D eigenvalue weighted by Crippen LogP contribution is 2.69. The second kappa shape index (κ2) is 8.18. The van der Waals surface area contributed by atoms with Crippen molar-refractivity contribution in [3.63, 3.8) is 0 Å². The monoisotopic (exact) mass is 529 g/mol. The minimum Gasteiger partial charge on any atom is -0.324 e. The van der Waals surface area contributed by atoms with Crippen molar-refractivity contribution >= 4 is 57.6 Å². The zero-order chi connectivity index (χ0) is 24.5. The van der Waals surface area contributed by atoms with Crippen LogP contribution in [0.4, 0.5) is 5.69 Å². The van der Waals surface area contributed by atoms with Crippen LogP contribution in [-0.4, -0.2) is 48.4 Å². The van der Waals surface area contributed by atoms with Gasteiger partial charge in [-0.2, -0.15) is 0 Å². The van der Waals surface area contributed by atoms with Gasteiger partial charge >= 0.3 is 0 Å². The smallest absolute Gasteiger partial charge is 0.251 e. The number of fused-ring (bicyclic) bond motifs is 5. The van der Waals surface area contributed by atoms with Crippen molar-refractivity contribution in [3.8, 4) is 0 Å². The molecule has 1 N–H and O–H groups in total. The van der Waals surface area contributed by atoms with Crippen molar-refractivity contribution in [2.45, 2.75) is 28.8 Å². The first kappa shape index (κ1) is 22.5. The van der Waals surface area contributed by atoms with E-state index in [2.05, 4.69) is 22.3 Å². The fraction of sp³-hybridized carbons (Fsp3) is 0.250. The third kappa shape index (κ3) is 2.76. The minimum absolute atomic E-state index is 0.0326. The lowest BCUT2D eigenvalue weighted by Crippen LogP contribution is -2.62. The number of carbonyl (C=O) groups is 2. The van der Waals surface area contributed by atoms with E-state index < -0.39 is 10.3 Å². The van der Waals surface area contributed by atoms with E-state index in [-0.39, 0.29) is 23.8 Å². The predicted molar refractivity (Wildman–Crippen MR) is 149 cm³/mol. The molecule has 0 aliphatic carbocycles. The molecule has 0 radical (unpaired) electrons. The third-order valence-electron chi connectivity index (χ3n) is 7.98. The summed E-state index contributed by atoms with van der Waals surface area (Å²) in [7, 11) is 0. The van der Waals surface area contributed by atoms with E-state index in [1.165, 1.54) is 11.8 Å². The molecule has 3 fully saturated rings. The lowest BCUT2D eigenvalue weighted by Gasteiger charge is -2.42. The van der Waals surface area contributed by atoms with Gasteiger partial charge in [0.15, 0.2) is 5.54 Å². The number of anilines is 1. The summed E-state index contributed by atoms with van der Waals surface area (Å²) in [6.07, 6.45) is 0. The van der Waals surface area contributed by atoms with Crippen molar-refractivity contribution < 1.29 is 9.59 Å². The second-order valence-electron chi connectivity index (χ2n) is 9.62. The number of benzene rings is 3. The van der Waals surface area contributed by atoms with E-state index in [1.807, 2.05) is 84.6 Å². The van der Waals surface area contributed by atoms with Crippen LogP contribution in [0.3, 0.4) is 0 Å². The Kier molecular flexibility index (Phi) is 5.12. The standard InChI is InChI=1S/C28H23N3O2S3/c32-24-27(20-13-7-8-14-21(20)29-24)28(23(19-11-5-2-6-12-19)22-16-35-17-31(22)27)25(33)30(26(34)36-28)15-18-9-3-1-4-10-18/h1-14,22-23H,15-17H2,(H,29,32)/t22-,23+,27-,28+/m0/s1. The highest BCUT2D eigenvalue weighted by atomic mass is 32.2. The largest absolute Gasteiger partial charge is 0.324 e. The van der Waals surface area contributed by atoms with E-state index in [4.69, 9.17) is 12.2 Å². The Morgan fingerprint density at radius 2 is 1.64 bits per heavy atom. The first-order chi connectivity index (χ1) is 17.6. The van der Waals surface area contributed by atoms with Crippen molar-refractivity contribution in [2.75, 3.05) is 16.9 Å². The van der Waals surface area contributed by atoms with Crippen LogP contribution in [0.1, 0.15) is 22.6 Å². The maximum absolute atomic E-state index is 14.9. The number of thiocarbonyl (C=S) groups is 1. The zero-order valence-corrected chi connectivity index (χ0v) is 21.7. The van der Waals surface area contributed by atoms with Crippen molar-refractivity contribution in [2.24, 2.45) is 0 Å². The average Bonchev–Trinajstić information content (AvgIpc) is 3.61. The summed E-state index contributed by atoms with van der Waals surface area (Å²) in [6, 6.07) is 28.0. The van der Waals surface area contributed by atoms with Crippen LogP contribution in [0, 0.1) is 0 Å². The third-order valence-corrected chi connectivity index (χ3v) is 10.9. The zero-order valence-electron chi connectivity index (χ0n) is 19.3. The minimum atomic E-state index is -1.14. The van der Waals surface area contributed by atoms with Crippen LogP contribution in [0.25, 0.3) is 0 Å². The van der Waals surface area contributed by atoms with Gasteiger partial charge in [-0.1, -0.05) is 103 Å². The SMILES string of the molecule is O=C1Nc2ccccc2[C@]12N1CSC[C@H]1[C@@H](c1ccccc1)[C@]21SC(=S)N(Cc2ccccc2)C1=O. The molecule has 0 saturated carbocycles. The second-order valence-corrected chi connectivity index (χ2v) is 12.5. The summed E-state index contributed by atoms with van der Waals surface area (Å²) in [6.45, 7) is 0.396. The molecule has 36 heavy (non-hydrogen) atoms. The summed E-state index contributed by atoms with van der Waals surface area (Å²) in [5.41, 5.74) is 2.61. The molecule has 0 bridgehead atoms. The Morgan fingerprint density at radius 1 is 0.944 bits per heavy atom. The molecule has 4 aliphatic rings. The fourth-order valence-corrected chi connectivity index (χ4v) is 10.1. The Hall–Kier alpha value is -2.65. The fourth-order valence-electron chi connectivity index (χ4n) is 6.65. The van der Waals surface area contributed by atoms with Gasteiger partial charge in [0.05, 0.1) is 6.54 Å². The number of hydrogen-bond acceptors (Lipinski definition) is 6. The highest BCUT2D eigenvalue weighted by molar-refractivity contribution is 8.25. The lowest BCUT2D eigenvalue weighted by atomic mass is 9.71. The van der Waals surface area contributed by atoms with Crippen LogP contribution in [0.15, 0.2) is 84.9 Å². The van der Waals surface area contributed by atoms with Crippen molar-refractivity contribution in [1.82, 2.24) is 9.80 Å². The number of rotatable bonds is 3. The van der Waals surface area contributed by atoms with Gasteiger partial charge in [0.2, 0.25) is 5.91 Å². The van der Waals surface area contributed by atoms with Gasteiger partial charge in [-0.25, -0.2) is 0 Å². The number of amides is 2. The molecule has 5 nitrogen and oxygen atoms in total. The molecule has 2 spiro atoms. The Balaban J connectivity index is 1.49. The van der Waals surface area contributed by atoms with Crippen molar-refractivity contribution in [1.29, 1.82) is 0 Å². The maximum atomic E-state index is 14.9. The quantitative estimate of drug-likeness (QED) is 0.492. The first-order valence-electron chi connectivity index (χ1n) is 12.0. The summed E-state index contributed by atoms with van der Waals surface area (Å²) >= 11 is 9.19. The van der Waals surface area contributed by atoms with E-state index >= 15 is 0 Å². The molecule has 3 aromatic rings. The molecular formula is C28H23N3O2S3. The van der Waals surface area contributed by atoms with Crippen LogP contribution >= 0.6 is 35.7 Å². The molecule has 4 atom stereocenters. The van der Waals surface area contributed by atoms with Gasteiger partial charge in [0, 0.05) is 34.8 Å². The van der Waals surface area contributed by atoms with Gasteiger partial charge in [0.1, 0.15) is 9.07 Å². The van der Waals surface area contributed by atoms with E-state index in [0.29, 0.717) is 16.7 Å². The van der Waals surface area contributed by atoms with Gasteiger partial charge in [0.25, 0.3) is 5.91 Å². The van der Waals surface area contributed by atoms with Gasteiger partial charge in [-0.15, -0.1) is 11.8 Å². The Morgan fingerprint density at radius 3 is 2.42 bits per heavy atom. The molecule has 180 valence electrons. The summed E-state index contributed by atoms with van der Waals surface area (Å²) in [4.78, 5) is 33.2. The average molecular weight is 530 g/mol. The van der Waals surface area contributed by atoms with Gasteiger partial charge in [-0.3, -0.25) is 19.4 Å². The summed E-state index contributed by atoms with van der Waals surface area (Å²) < 4.78 is -0.571. The molecule has 0 unspecified atom stereocenters. The van der Waals surface area contributed by atoms with E-state index in [1.54, 1.807) is 4.90 Å². The molecule has 7 rings (SSSR count). The number of nitrogens with zero attached hydrogens (tertiary/aromatic N) is 2. The first-order valence-corrected chi connectivity index (χ1v) is 14.4. The lowest BCUT2D eigenvalue weighted by molar-refractivity contribution is -0.138. The number of para-hydroxylation sites is 1. The normalized spacial score (nSPS) is 30.9. The Labute approximate surface area is 223 Å². The van der Waals surface area contributed by atoms with Gasteiger partial charge < -0.3 is 5.32 Å².